The van der Waals surface area contributed by atoms with Gasteiger partial charge in [0.15, 0.2) is 17.3 Å². The molecule has 0 spiro atoms. The first-order valence-corrected chi connectivity index (χ1v) is 10.0. The van der Waals surface area contributed by atoms with E-state index in [-0.39, 0.29) is 36.1 Å². The number of carbonyl (C=O) groups is 1. The maximum Gasteiger partial charge on any atom is 0.355 e. The molecule has 2 heterocycles. The van der Waals surface area contributed by atoms with Crippen LogP contribution in [-0.2, 0) is 13.6 Å². The quantitative estimate of drug-likeness (QED) is 0.331. The lowest BCUT2D eigenvalue weighted by atomic mass is 10.0. The zero-order valence-corrected chi connectivity index (χ0v) is 19.1. The van der Waals surface area contributed by atoms with E-state index in [1.165, 1.54) is 5.56 Å². The van der Waals surface area contributed by atoms with E-state index in [9.17, 15) is 4.79 Å². The van der Waals surface area contributed by atoms with Gasteiger partial charge in [0.25, 0.3) is 0 Å². The average Bonchev–Trinajstić information content (AvgIpc) is 3.39. The lowest BCUT2D eigenvalue weighted by molar-refractivity contribution is -0.667. The Morgan fingerprint density at radius 1 is 0.938 bits per heavy atom. The van der Waals surface area contributed by atoms with E-state index < -0.39 is 0 Å². The van der Waals surface area contributed by atoms with Gasteiger partial charge in [-0.2, -0.15) is 0 Å². The molecule has 5 rings (SSSR count). The largest absolute Gasteiger partial charge is 1.00 e. The first-order chi connectivity index (χ1) is 15.1. The summed E-state index contributed by atoms with van der Waals surface area (Å²) >= 11 is 0. The van der Waals surface area contributed by atoms with Crippen molar-refractivity contribution in [2.75, 3.05) is 12.5 Å². The summed E-state index contributed by atoms with van der Waals surface area (Å²) in [6, 6.07) is 23.8. The van der Waals surface area contributed by atoms with Crippen molar-refractivity contribution in [1.82, 2.24) is 4.57 Å². The highest BCUT2D eigenvalue weighted by Crippen LogP contribution is 2.32. The van der Waals surface area contributed by atoms with Crippen LogP contribution in [0.25, 0.3) is 22.4 Å². The molecule has 6 nitrogen and oxygen atoms in total. The molecule has 0 aliphatic carbocycles. The second-order valence-electron chi connectivity index (χ2n) is 7.49. The molecule has 0 unspecified atom stereocenters. The first kappa shape index (κ1) is 21.6. The molecule has 3 aromatic carbocycles. The Morgan fingerprint density at radius 3 is 2.34 bits per heavy atom. The van der Waals surface area contributed by atoms with E-state index in [0.717, 1.165) is 16.8 Å². The Kier molecular flexibility index (Phi) is 6.01. The molecule has 0 bridgehead atoms. The van der Waals surface area contributed by atoms with Gasteiger partial charge in [-0.25, -0.2) is 9.13 Å². The summed E-state index contributed by atoms with van der Waals surface area (Å²) in [5, 5.41) is 0. The van der Waals surface area contributed by atoms with Gasteiger partial charge >= 0.3 is 5.95 Å². The fourth-order valence-corrected chi connectivity index (χ4v) is 3.79. The van der Waals surface area contributed by atoms with Crippen molar-refractivity contribution in [2.24, 2.45) is 7.05 Å². The molecule has 0 fully saturated rings. The molecule has 0 amide bonds. The number of nitrogens with zero attached hydrogens (tertiary/aromatic N) is 2. The number of nitrogens with two attached hydrogens (primary N) is 1. The predicted molar refractivity (Wildman–Crippen MR) is 118 cm³/mol. The van der Waals surface area contributed by atoms with Crippen LogP contribution in [0.4, 0.5) is 5.95 Å². The average molecular weight is 492 g/mol. The zero-order chi connectivity index (χ0) is 21.4. The van der Waals surface area contributed by atoms with Gasteiger partial charge in [0, 0.05) is 11.1 Å². The molecule has 1 aliphatic rings. The predicted octanol–water partition coefficient (Wildman–Crippen LogP) is 0.844. The summed E-state index contributed by atoms with van der Waals surface area (Å²) in [5.41, 5.74) is 11.2. The van der Waals surface area contributed by atoms with Gasteiger partial charge in [-0.1, -0.05) is 54.6 Å². The molecule has 4 aromatic rings. The van der Waals surface area contributed by atoms with Crippen LogP contribution in [0.3, 0.4) is 0 Å². The van der Waals surface area contributed by atoms with Crippen molar-refractivity contribution < 1.29 is 35.8 Å². The number of hydrogen-bond acceptors (Lipinski definition) is 4. The first-order valence-electron chi connectivity index (χ1n) is 10.0. The minimum atomic E-state index is -0.0495. The van der Waals surface area contributed by atoms with Crippen molar-refractivity contribution >= 4 is 11.7 Å². The number of fused-ring (bicyclic) bond motifs is 1. The van der Waals surface area contributed by atoms with Crippen LogP contribution >= 0.6 is 0 Å². The standard InChI is InChI=1S/C25H21N3O3.BrH/c1-27-21(19-9-7-18(8-10-19)17-5-3-2-4-6-17)14-28(25(27)26)15-22(29)20-11-12-23-24(13-20)31-16-30-23;/h2-14,26H,15-16H2,1H3;1H. The Hall–Kier alpha value is -3.58. The zero-order valence-electron chi connectivity index (χ0n) is 17.5. The van der Waals surface area contributed by atoms with Crippen LogP contribution in [0.2, 0.25) is 0 Å². The monoisotopic (exact) mass is 491 g/mol. The smallest absolute Gasteiger partial charge is 0.355 e. The third kappa shape index (κ3) is 3.99. The minimum Gasteiger partial charge on any atom is -1.00 e. The van der Waals surface area contributed by atoms with E-state index in [2.05, 4.69) is 36.4 Å². The summed E-state index contributed by atoms with van der Waals surface area (Å²) in [4.78, 5) is 12.8. The van der Waals surface area contributed by atoms with Gasteiger partial charge in [0.05, 0.1) is 7.05 Å². The lowest BCUT2D eigenvalue weighted by Crippen LogP contribution is -3.00. The Morgan fingerprint density at radius 2 is 1.59 bits per heavy atom. The number of nitrogen functional groups attached to an aromatic ring is 1. The van der Waals surface area contributed by atoms with E-state index in [1.54, 1.807) is 22.8 Å². The van der Waals surface area contributed by atoms with Gasteiger partial charge in [-0.3, -0.25) is 10.5 Å². The summed E-state index contributed by atoms with van der Waals surface area (Å²) in [6.45, 7) is 0.321. The molecular formula is C25H22BrN3O3. The van der Waals surface area contributed by atoms with Crippen LogP contribution in [0.5, 0.6) is 11.5 Å². The van der Waals surface area contributed by atoms with Crippen molar-refractivity contribution in [2.45, 2.75) is 6.54 Å². The number of Topliss-reactive ketones (excluding diaryl/α,β-unsaturated/α-hetero) is 1. The molecule has 1 aromatic heterocycles. The summed E-state index contributed by atoms with van der Waals surface area (Å²) in [7, 11) is 1.90. The SMILES string of the molecule is Cn1c(-c2ccc(-c3ccccc3)cc2)c[n+](CC(=O)c2ccc3c(c2)OCO3)c1N.[Br-]. The maximum atomic E-state index is 12.8. The van der Waals surface area contributed by atoms with Gasteiger partial charge in [0.1, 0.15) is 18.4 Å². The van der Waals surface area contributed by atoms with E-state index in [4.69, 9.17) is 15.2 Å². The molecule has 0 saturated carbocycles. The summed E-state index contributed by atoms with van der Waals surface area (Å²) < 4.78 is 14.4. The topological polar surface area (TPSA) is 70.4 Å². The number of aromatic nitrogens is 2. The normalized spacial score (nSPS) is 11.8. The van der Waals surface area contributed by atoms with Gasteiger partial charge in [0.2, 0.25) is 6.79 Å². The fourth-order valence-electron chi connectivity index (χ4n) is 3.79. The highest BCUT2D eigenvalue weighted by molar-refractivity contribution is 5.95. The highest BCUT2D eigenvalue weighted by Gasteiger charge is 2.22. The second kappa shape index (κ2) is 8.88. The van der Waals surface area contributed by atoms with E-state index >= 15 is 0 Å². The van der Waals surface area contributed by atoms with E-state index in [1.807, 2.05) is 36.0 Å². The van der Waals surface area contributed by atoms with Crippen molar-refractivity contribution in [3.05, 3.63) is 84.6 Å². The lowest BCUT2D eigenvalue weighted by Gasteiger charge is -2.03. The number of halogens is 1. The summed E-state index contributed by atoms with van der Waals surface area (Å²) in [5.74, 6) is 1.71. The third-order valence-electron chi connectivity index (χ3n) is 5.57. The number of anilines is 1. The number of carbonyl (C=O) groups excluding carboxylic acids is 1. The fraction of sp³-hybridized carbons (Fsp3) is 0.120. The molecular weight excluding hydrogens is 470 g/mol. The van der Waals surface area contributed by atoms with Crippen molar-refractivity contribution in [1.29, 1.82) is 0 Å². The van der Waals surface area contributed by atoms with Gasteiger partial charge < -0.3 is 26.5 Å². The summed E-state index contributed by atoms with van der Waals surface area (Å²) in [6.07, 6.45) is 1.91. The number of rotatable bonds is 5. The molecule has 0 radical (unpaired) electrons. The number of ketones is 1. The Labute approximate surface area is 196 Å². The van der Waals surface area contributed by atoms with E-state index in [0.29, 0.717) is 23.0 Å². The van der Waals surface area contributed by atoms with Gasteiger partial charge in [-0.05, 0) is 29.3 Å². The molecule has 32 heavy (non-hydrogen) atoms. The van der Waals surface area contributed by atoms with Crippen molar-refractivity contribution in [3.63, 3.8) is 0 Å². The minimum absolute atomic E-state index is 0. The van der Waals surface area contributed by atoms with Crippen LogP contribution in [0.1, 0.15) is 10.4 Å². The molecule has 0 atom stereocenters. The van der Waals surface area contributed by atoms with Crippen LogP contribution in [0, 0.1) is 0 Å². The maximum absolute atomic E-state index is 12.8. The van der Waals surface area contributed by atoms with Gasteiger partial charge in [-0.15, -0.1) is 0 Å². The van der Waals surface area contributed by atoms with Crippen molar-refractivity contribution in [3.8, 4) is 33.9 Å². The molecule has 1 aliphatic heterocycles. The highest BCUT2D eigenvalue weighted by atomic mass is 79.9. The molecule has 7 heteroatoms. The Bertz CT molecular complexity index is 1270. The number of benzene rings is 3. The number of ether oxygens (including phenoxy) is 2. The molecule has 162 valence electrons. The van der Waals surface area contributed by atoms with Crippen LogP contribution < -0.4 is 36.8 Å². The van der Waals surface area contributed by atoms with Crippen LogP contribution in [0.15, 0.2) is 79.0 Å². The Balaban J connectivity index is 0.00000245. The third-order valence-corrected chi connectivity index (χ3v) is 5.57. The second-order valence-corrected chi connectivity index (χ2v) is 7.49. The number of imidazole rings is 1. The number of hydrogen-bond donors (Lipinski definition) is 1. The molecule has 2 N–H and O–H groups in total. The molecule has 0 saturated heterocycles. The van der Waals surface area contributed by atoms with Crippen LogP contribution in [-0.4, -0.2) is 17.1 Å².